The Bertz CT molecular complexity index is 437. The van der Waals surface area contributed by atoms with E-state index in [9.17, 15) is 0 Å². The van der Waals surface area contributed by atoms with Crippen LogP contribution in [0.4, 0.5) is 0 Å². The average Bonchev–Trinajstić information content (AvgIpc) is 2.82. The minimum atomic E-state index is 0.706. The lowest BCUT2D eigenvalue weighted by molar-refractivity contribution is 0.455. The van der Waals surface area contributed by atoms with Crippen LogP contribution in [0.3, 0.4) is 0 Å². The zero-order valence-corrected chi connectivity index (χ0v) is 13.5. The quantitative estimate of drug-likeness (QED) is 0.654. The summed E-state index contributed by atoms with van der Waals surface area (Å²) in [7, 11) is 0. The number of rotatable bonds is 3. The second-order valence-corrected chi connectivity index (χ2v) is 8.50. The first-order valence-electron chi connectivity index (χ1n) is 7.12. The molecule has 0 heterocycles. The summed E-state index contributed by atoms with van der Waals surface area (Å²) in [5.41, 5.74) is 1.47. The van der Waals surface area contributed by atoms with Crippen molar-refractivity contribution in [3.63, 3.8) is 0 Å². The van der Waals surface area contributed by atoms with E-state index in [0.717, 1.165) is 29.6 Å². The zero-order chi connectivity index (χ0) is 12.3. The SMILES string of the molecule is Brc1ccc(CC(Br)C2C3C4CCC(C4)C23)cc1. The van der Waals surface area contributed by atoms with Gasteiger partial charge in [0.15, 0.2) is 0 Å². The van der Waals surface area contributed by atoms with Crippen LogP contribution in [0.25, 0.3) is 0 Å². The summed E-state index contributed by atoms with van der Waals surface area (Å²) in [4.78, 5) is 0.706. The van der Waals surface area contributed by atoms with Gasteiger partial charge in [-0.1, -0.05) is 44.0 Å². The second-order valence-electron chi connectivity index (χ2n) is 6.41. The lowest BCUT2D eigenvalue weighted by atomic mass is 9.97. The fourth-order valence-electron chi connectivity index (χ4n) is 4.86. The third kappa shape index (κ3) is 1.83. The third-order valence-corrected chi connectivity index (χ3v) is 7.02. The number of halogens is 2. The molecule has 2 heteroatoms. The van der Waals surface area contributed by atoms with Crippen LogP contribution in [0.5, 0.6) is 0 Å². The van der Waals surface area contributed by atoms with Crippen molar-refractivity contribution < 1.29 is 0 Å². The smallest absolute Gasteiger partial charge is 0.0220 e. The Balaban J connectivity index is 1.43. The molecule has 0 amide bonds. The van der Waals surface area contributed by atoms with Gasteiger partial charge in [0.05, 0.1) is 0 Å². The highest BCUT2D eigenvalue weighted by atomic mass is 79.9. The Hall–Kier alpha value is 0.180. The van der Waals surface area contributed by atoms with E-state index >= 15 is 0 Å². The van der Waals surface area contributed by atoms with Crippen molar-refractivity contribution in [3.8, 4) is 0 Å². The van der Waals surface area contributed by atoms with Crippen molar-refractivity contribution in [2.75, 3.05) is 0 Å². The van der Waals surface area contributed by atoms with Gasteiger partial charge in [0.25, 0.3) is 0 Å². The van der Waals surface area contributed by atoms with E-state index in [0.29, 0.717) is 4.83 Å². The first-order valence-corrected chi connectivity index (χ1v) is 8.83. The molecular formula is C16H18Br2. The van der Waals surface area contributed by atoms with Gasteiger partial charge in [-0.2, -0.15) is 0 Å². The van der Waals surface area contributed by atoms with Gasteiger partial charge in [-0.15, -0.1) is 0 Å². The van der Waals surface area contributed by atoms with Crippen LogP contribution in [-0.2, 0) is 6.42 Å². The molecule has 18 heavy (non-hydrogen) atoms. The predicted molar refractivity (Wildman–Crippen MR) is 81.9 cm³/mol. The molecule has 5 unspecified atom stereocenters. The molecule has 3 fully saturated rings. The van der Waals surface area contributed by atoms with E-state index in [4.69, 9.17) is 0 Å². The second kappa shape index (κ2) is 4.34. The Morgan fingerprint density at radius 1 is 1.06 bits per heavy atom. The van der Waals surface area contributed by atoms with Gasteiger partial charge in [0, 0.05) is 9.30 Å². The lowest BCUT2D eigenvalue weighted by Gasteiger charge is -2.14. The molecule has 0 N–H and O–H groups in total. The highest BCUT2D eigenvalue weighted by Gasteiger charge is 2.66. The molecule has 2 bridgehead atoms. The summed E-state index contributed by atoms with van der Waals surface area (Å²) in [5, 5.41) is 0. The first kappa shape index (κ1) is 12.0. The van der Waals surface area contributed by atoms with Crippen molar-refractivity contribution in [2.24, 2.45) is 29.6 Å². The molecular weight excluding hydrogens is 352 g/mol. The predicted octanol–water partition coefficient (Wildman–Crippen LogP) is 5.05. The van der Waals surface area contributed by atoms with Crippen LogP contribution in [-0.4, -0.2) is 4.83 Å². The molecule has 3 saturated carbocycles. The fourth-order valence-corrected chi connectivity index (χ4v) is 6.20. The minimum absolute atomic E-state index is 0.706. The number of alkyl halides is 1. The Kier molecular flexibility index (Phi) is 2.89. The molecule has 1 aromatic carbocycles. The normalized spacial score (nSPS) is 41.8. The molecule has 0 saturated heterocycles. The van der Waals surface area contributed by atoms with Crippen molar-refractivity contribution in [2.45, 2.75) is 30.5 Å². The summed E-state index contributed by atoms with van der Waals surface area (Å²) in [5.74, 6) is 5.34. The molecule has 3 aliphatic carbocycles. The van der Waals surface area contributed by atoms with Gasteiger partial charge in [-0.05, 0) is 73.0 Å². The van der Waals surface area contributed by atoms with Gasteiger partial charge < -0.3 is 0 Å². The molecule has 5 atom stereocenters. The summed E-state index contributed by atoms with van der Waals surface area (Å²) >= 11 is 7.49. The van der Waals surface area contributed by atoms with E-state index in [1.54, 1.807) is 6.42 Å². The maximum Gasteiger partial charge on any atom is 0.0220 e. The number of hydrogen-bond acceptors (Lipinski definition) is 0. The molecule has 0 nitrogen and oxygen atoms in total. The lowest BCUT2D eigenvalue weighted by Crippen LogP contribution is -2.12. The Labute approximate surface area is 126 Å². The maximum absolute atomic E-state index is 3.99. The topological polar surface area (TPSA) is 0 Å². The molecule has 96 valence electrons. The monoisotopic (exact) mass is 368 g/mol. The van der Waals surface area contributed by atoms with Crippen molar-refractivity contribution in [3.05, 3.63) is 34.3 Å². The van der Waals surface area contributed by atoms with Gasteiger partial charge in [-0.25, -0.2) is 0 Å². The first-order chi connectivity index (χ1) is 8.74. The highest BCUT2D eigenvalue weighted by molar-refractivity contribution is 9.10. The molecule has 4 rings (SSSR count). The van der Waals surface area contributed by atoms with Crippen LogP contribution in [0.15, 0.2) is 28.7 Å². The van der Waals surface area contributed by atoms with Gasteiger partial charge >= 0.3 is 0 Å². The summed E-state index contributed by atoms with van der Waals surface area (Å²) in [6.07, 6.45) is 5.81. The molecule has 0 aliphatic heterocycles. The zero-order valence-electron chi connectivity index (χ0n) is 10.4. The largest absolute Gasteiger partial charge is 0.0884 e. The van der Waals surface area contributed by atoms with Crippen LogP contribution in [0.1, 0.15) is 24.8 Å². The molecule has 0 spiro atoms. The van der Waals surface area contributed by atoms with Crippen molar-refractivity contribution in [1.29, 1.82) is 0 Å². The average molecular weight is 370 g/mol. The Morgan fingerprint density at radius 2 is 1.67 bits per heavy atom. The van der Waals surface area contributed by atoms with E-state index in [-0.39, 0.29) is 0 Å². The van der Waals surface area contributed by atoms with E-state index in [1.165, 1.54) is 29.3 Å². The van der Waals surface area contributed by atoms with E-state index in [2.05, 4.69) is 56.1 Å². The highest BCUT2D eigenvalue weighted by Crippen LogP contribution is 2.71. The van der Waals surface area contributed by atoms with Crippen molar-refractivity contribution in [1.82, 2.24) is 0 Å². The van der Waals surface area contributed by atoms with Gasteiger partial charge in [0.2, 0.25) is 0 Å². The third-order valence-electron chi connectivity index (χ3n) is 5.56. The van der Waals surface area contributed by atoms with Crippen LogP contribution < -0.4 is 0 Å². The summed E-state index contributed by atoms with van der Waals surface area (Å²) in [6, 6.07) is 8.83. The van der Waals surface area contributed by atoms with Gasteiger partial charge in [-0.3, -0.25) is 0 Å². The van der Waals surface area contributed by atoms with Crippen LogP contribution >= 0.6 is 31.9 Å². The van der Waals surface area contributed by atoms with Crippen LogP contribution in [0, 0.1) is 29.6 Å². The van der Waals surface area contributed by atoms with Crippen molar-refractivity contribution >= 4 is 31.9 Å². The molecule has 3 aliphatic rings. The maximum atomic E-state index is 3.99. The number of benzene rings is 1. The molecule has 1 aromatic rings. The Morgan fingerprint density at radius 3 is 2.28 bits per heavy atom. The van der Waals surface area contributed by atoms with E-state index < -0.39 is 0 Å². The van der Waals surface area contributed by atoms with E-state index in [1.807, 2.05) is 0 Å². The number of fused-ring (bicyclic) bond motifs is 5. The van der Waals surface area contributed by atoms with Gasteiger partial charge in [0.1, 0.15) is 0 Å². The summed E-state index contributed by atoms with van der Waals surface area (Å²) < 4.78 is 1.18. The standard InChI is InChI=1S/C16H18Br2/c17-12-5-1-9(2-6-12)7-13(18)16-14-10-3-4-11(8-10)15(14)16/h1-2,5-6,10-11,13-16H,3-4,7-8H2. The number of hydrogen-bond donors (Lipinski definition) is 0. The molecule has 0 radical (unpaired) electrons. The fraction of sp³-hybridized carbons (Fsp3) is 0.625. The minimum Gasteiger partial charge on any atom is -0.0884 e. The summed E-state index contributed by atoms with van der Waals surface area (Å²) in [6.45, 7) is 0. The van der Waals surface area contributed by atoms with Crippen LogP contribution in [0.2, 0.25) is 0 Å². The molecule has 0 aromatic heterocycles.